The molecule has 0 aliphatic rings. The van der Waals surface area contributed by atoms with Crippen molar-refractivity contribution in [2.75, 3.05) is 44.2 Å². The Labute approximate surface area is 128 Å². The second kappa shape index (κ2) is 10.1. The highest BCUT2D eigenvalue weighted by atomic mass is 32.2. The SMILES string of the molecule is COCCNCc1ccccc1N(C)C(C)CCSC. The molecule has 4 heteroatoms. The maximum absolute atomic E-state index is 5.06. The number of benzene rings is 1. The van der Waals surface area contributed by atoms with Crippen molar-refractivity contribution < 1.29 is 4.74 Å². The van der Waals surface area contributed by atoms with E-state index >= 15 is 0 Å². The summed E-state index contributed by atoms with van der Waals surface area (Å²) in [7, 11) is 3.93. The van der Waals surface area contributed by atoms with Gasteiger partial charge in [0.15, 0.2) is 0 Å². The largest absolute Gasteiger partial charge is 0.383 e. The number of nitrogens with one attached hydrogen (secondary N) is 1. The summed E-state index contributed by atoms with van der Waals surface area (Å²) in [5.41, 5.74) is 2.67. The van der Waals surface area contributed by atoms with Crippen LogP contribution in [0, 0.1) is 0 Å². The fourth-order valence-corrected chi connectivity index (χ4v) is 2.70. The van der Waals surface area contributed by atoms with Crippen molar-refractivity contribution in [3.63, 3.8) is 0 Å². The lowest BCUT2D eigenvalue weighted by atomic mass is 10.1. The highest BCUT2D eigenvalue weighted by molar-refractivity contribution is 7.98. The summed E-state index contributed by atoms with van der Waals surface area (Å²) >= 11 is 1.91. The van der Waals surface area contributed by atoms with E-state index in [4.69, 9.17) is 4.74 Å². The third kappa shape index (κ3) is 5.73. The zero-order valence-electron chi connectivity index (χ0n) is 13.2. The molecule has 0 heterocycles. The molecule has 3 nitrogen and oxygen atoms in total. The van der Waals surface area contributed by atoms with Gasteiger partial charge in [0, 0.05) is 39.0 Å². The Morgan fingerprint density at radius 1 is 1.35 bits per heavy atom. The summed E-state index contributed by atoms with van der Waals surface area (Å²) in [4.78, 5) is 2.39. The van der Waals surface area contributed by atoms with Crippen LogP contribution in [0.2, 0.25) is 0 Å². The summed E-state index contributed by atoms with van der Waals surface area (Å²) < 4.78 is 5.06. The number of hydrogen-bond donors (Lipinski definition) is 1. The van der Waals surface area contributed by atoms with Gasteiger partial charge in [-0.25, -0.2) is 0 Å². The monoisotopic (exact) mass is 296 g/mol. The number of anilines is 1. The number of nitrogens with zero attached hydrogens (tertiary/aromatic N) is 1. The lowest BCUT2D eigenvalue weighted by Gasteiger charge is -2.29. The third-order valence-corrected chi connectivity index (χ3v) is 4.21. The van der Waals surface area contributed by atoms with Crippen molar-refractivity contribution in [3.8, 4) is 0 Å². The minimum atomic E-state index is 0.558. The van der Waals surface area contributed by atoms with E-state index in [9.17, 15) is 0 Å². The fraction of sp³-hybridized carbons (Fsp3) is 0.625. The number of thioether (sulfide) groups is 1. The van der Waals surface area contributed by atoms with Gasteiger partial charge < -0.3 is 15.0 Å². The Hall–Kier alpha value is -0.710. The van der Waals surface area contributed by atoms with Gasteiger partial charge in [-0.05, 0) is 37.0 Å². The molecule has 0 saturated heterocycles. The van der Waals surface area contributed by atoms with Gasteiger partial charge in [-0.1, -0.05) is 18.2 Å². The van der Waals surface area contributed by atoms with Crippen molar-refractivity contribution in [1.82, 2.24) is 5.32 Å². The molecule has 0 radical (unpaired) electrons. The van der Waals surface area contributed by atoms with Gasteiger partial charge in [-0.3, -0.25) is 0 Å². The van der Waals surface area contributed by atoms with E-state index in [2.05, 4.69) is 54.7 Å². The summed E-state index contributed by atoms with van der Waals surface area (Å²) in [6.07, 6.45) is 3.38. The molecule has 0 aliphatic heterocycles. The topological polar surface area (TPSA) is 24.5 Å². The number of methoxy groups -OCH3 is 1. The molecule has 0 amide bonds. The average Bonchev–Trinajstić information content (AvgIpc) is 2.49. The van der Waals surface area contributed by atoms with Crippen molar-refractivity contribution in [3.05, 3.63) is 29.8 Å². The van der Waals surface area contributed by atoms with Crippen molar-refractivity contribution in [2.24, 2.45) is 0 Å². The Balaban J connectivity index is 2.63. The molecule has 0 spiro atoms. The van der Waals surface area contributed by atoms with E-state index in [1.807, 2.05) is 11.8 Å². The van der Waals surface area contributed by atoms with Crippen LogP contribution in [0.1, 0.15) is 18.9 Å². The minimum Gasteiger partial charge on any atom is -0.383 e. The van der Waals surface area contributed by atoms with Gasteiger partial charge in [0.25, 0.3) is 0 Å². The number of rotatable bonds is 10. The molecule has 1 N–H and O–H groups in total. The van der Waals surface area contributed by atoms with Crippen LogP contribution in [-0.4, -0.2) is 45.4 Å². The maximum Gasteiger partial charge on any atom is 0.0587 e. The first-order valence-corrected chi connectivity index (χ1v) is 8.59. The molecular weight excluding hydrogens is 268 g/mol. The molecular formula is C16H28N2OS. The Bertz CT molecular complexity index is 373. The molecule has 1 aromatic carbocycles. The molecule has 20 heavy (non-hydrogen) atoms. The first kappa shape index (κ1) is 17.3. The van der Waals surface area contributed by atoms with Gasteiger partial charge in [-0.15, -0.1) is 0 Å². The van der Waals surface area contributed by atoms with Gasteiger partial charge in [0.1, 0.15) is 0 Å². The standard InChI is InChI=1S/C16H28N2OS/c1-14(9-12-20-4)18(2)16-8-6-5-7-15(16)13-17-10-11-19-3/h5-8,14,17H,9-13H2,1-4H3. The number of para-hydroxylation sites is 1. The van der Waals surface area contributed by atoms with E-state index < -0.39 is 0 Å². The second-order valence-corrected chi connectivity index (χ2v) is 6.03. The predicted octanol–water partition coefficient (Wildman–Crippen LogP) is 3.00. The zero-order valence-corrected chi connectivity index (χ0v) is 14.0. The maximum atomic E-state index is 5.06. The summed E-state index contributed by atoms with van der Waals surface area (Å²) in [6, 6.07) is 9.20. The second-order valence-electron chi connectivity index (χ2n) is 5.04. The fourth-order valence-electron chi connectivity index (χ4n) is 2.12. The lowest BCUT2D eigenvalue weighted by molar-refractivity contribution is 0.199. The quantitative estimate of drug-likeness (QED) is 0.671. The zero-order chi connectivity index (χ0) is 14.8. The molecule has 0 aromatic heterocycles. The molecule has 1 rings (SSSR count). The minimum absolute atomic E-state index is 0.558. The van der Waals surface area contributed by atoms with Crippen LogP contribution in [0.25, 0.3) is 0 Å². The van der Waals surface area contributed by atoms with Crippen LogP contribution in [0.3, 0.4) is 0 Å². The van der Waals surface area contributed by atoms with Crippen LogP contribution >= 0.6 is 11.8 Å². The normalized spacial score (nSPS) is 12.4. The Morgan fingerprint density at radius 2 is 2.10 bits per heavy atom. The van der Waals surface area contributed by atoms with E-state index in [0.717, 1.165) is 19.7 Å². The molecule has 1 unspecified atom stereocenters. The van der Waals surface area contributed by atoms with Gasteiger partial charge in [0.05, 0.1) is 6.61 Å². The van der Waals surface area contributed by atoms with Crippen molar-refractivity contribution in [1.29, 1.82) is 0 Å². The van der Waals surface area contributed by atoms with Crippen LogP contribution in [-0.2, 0) is 11.3 Å². The molecule has 1 atom stereocenters. The van der Waals surface area contributed by atoms with Crippen LogP contribution in [0.4, 0.5) is 5.69 Å². The van der Waals surface area contributed by atoms with Crippen molar-refractivity contribution >= 4 is 17.4 Å². The average molecular weight is 296 g/mol. The smallest absolute Gasteiger partial charge is 0.0587 e. The van der Waals surface area contributed by atoms with Gasteiger partial charge in [-0.2, -0.15) is 11.8 Å². The predicted molar refractivity (Wildman–Crippen MR) is 90.9 cm³/mol. The molecule has 0 saturated carbocycles. The highest BCUT2D eigenvalue weighted by Crippen LogP contribution is 2.22. The van der Waals surface area contributed by atoms with E-state index in [1.165, 1.54) is 23.4 Å². The summed E-state index contributed by atoms with van der Waals surface area (Å²) in [5, 5.41) is 3.42. The molecule has 114 valence electrons. The molecule has 1 aromatic rings. The Kier molecular flexibility index (Phi) is 8.74. The molecule has 0 aliphatic carbocycles. The van der Waals surface area contributed by atoms with E-state index in [1.54, 1.807) is 7.11 Å². The van der Waals surface area contributed by atoms with E-state index in [0.29, 0.717) is 6.04 Å². The van der Waals surface area contributed by atoms with Crippen molar-refractivity contribution in [2.45, 2.75) is 25.9 Å². The third-order valence-electron chi connectivity index (χ3n) is 3.57. The van der Waals surface area contributed by atoms with Crippen LogP contribution < -0.4 is 10.2 Å². The Morgan fingerprint density at radius 3 is 2.80 bits per heavy atom. The highest BCUT2D eigenvalue weighted by Gasteiger charge is 2.12. The van der Waals surface area contributed by atoms with Gasteiger partial charge in [0.2, 0.25) is 0 Å². The first-order chi connectivity index (χ1) is 9.70. The molecule has 0 bridgehead atoms. The van der Waals surface area contributed by atoms with E-state index in [-0.39, 0.29) is 0 Å². The number of hydrogen-bond acceptors (Lipinski definition) is 4. The summed E-state index contributed by atoms with van der Waals surface area (Å²) in [5.74, 6) is 1.21. The van der Waals surface area contributed by atoms with Crippen LogP contribution in [0.5, 0.6) is 0 Å². The lowest BCUT2D eigenvalue weighted by Crippen LogP contribution is -2.31. The van der Waals surface area contributed by atoms with Crippen LogP contribution in [0.15, 0.2) is 24.3 Å². The van der Waals surface area contributed by atoms with Gasteiger partial charge >= 0.3 is 0 Å². The number of ether oxygens (including phenoxy) is 1. The first-order valence-electron chi connectivity index (χ1n) is 7.20. The summed E-state index contributed by atoms with van der Waals surface area (Å²) in [6.45, 7) is 4.82. The molecule has 0 fully saturated rings.